The zero-order chi connectivity index (χ0) is 6.69. The van der Waals surface area contributed by atoms with Gasteiger partial charge < -0.3 is 9.80 Å². The molecule has 0 N–H and O–H groups in total. The molecule has 1 fully saturated rings. The molecule has 2 nitrogen and oxygen atoms in total. The molecule has 0 saturated carbocycles. The highest BCUT2D eigenvalue weighted by Crippen LogP contribution is 1.97. The van der Waals surface area contributed by atoms with E-state index in [9.17, 15) is 0 Å². The van der Waals surface area contributed by atoms with Crippen LogP contribution in [-0.2, 0) is 0 Å². The highest BCUT2D eigenvalue weighted by molar-refractivity contribution is 4.69. The van der Waals surface area contributed by atoms with E-state index in [1.807, 2.05) is 0 Å². The first-order valence-corrected chi connectivity index (χ1v) is 3.60. The lowest BCUT2D eigenvalue weighted by atomic mass is 10.3. The standard InChI is InChI=1S/C7H15N2/c1-3-9-6-4-8(2)5-7-9/h2-7H2,1H3/q-1. The van der Waals surface area contributed by atoms with E-state index >= 15 is 0 Å². The smallest absolute Gasteiger partial charge is 0.00856 e. The molecule has 0 aliphatic carbocycles. The van der Waals surface area contributed by atoms with E-state index in [4.69, 9.17) is 0 Å². The van der Waals surface area contributed by atoms with Crippen molar-refractivity contribution in [3.05, 3.63) is 7.05 Å². The largest absolute Gasteiger partial charge is 0.457 e. The number of piperazine rings is 1. The normalized spacial score (nSPS) is 24.7. The van der Waals surface area contributed by atoms with Gasteiger partial charge in [0.2, 0.25) is 0 Å². The molecular formula is C7H15N2-. The Morgan fingerprint density at radius 3 is 2.22 bits per heavy atom. The van der Waals surface area contributed by atoms with Gasteiger partial charge in [0.1, 0.15) is 0 Å². The summed E-state index contributed by atoms with van der Waals surface area (Å²) in [6.07, 6.45) is 0. The fourth-order valence-corrected chi connectivity index (χ4v) is 1.11. The lowest BCUT2D eigenvalue weighted by molar-refractivity contribution is 0.173. The van der Waals surface area contributed by atoms with Crippen LogP contribution in [0.4, 0.5) is 0 Å². The van der Waals surface area contributed by atoms with E-state index in [1.165, 1.54) is 19.6 Å². The minimum absolute atomic E-state index is 1.13. The molecular weight excluding hydrogens is 112 g/mol. The Labute approximate surface area is 57.4 Å². The van der Waals surface area contributed by atoms with Crippen LogP contribution < -0.4 is 0 Å². The third kappa shape index (κ3) is 1.95. The summed E-state index contributed by atoms with van der Waals surface area (Å²) < 4.78 is 0. The third-order valence-electron chi connectivity index (χ3n) is 1.91. The molecule has 0 aromatic heterocycles. The predicted molar refractivity (Wildman–Crippen MR) is 39.0 cm³/mol. The molecule has 1 rings (SSSR count). The minimum atomic E-state index is 1.13. The van der Waals surface area contributed by atoms with Crippen molar-refractivity contribution in [3.63, 3.8) is 0 Å². The maximum Gasteiger partial charge on any atom is 0.00856 e. The van der Waals surface area contributed by atoms with Gasteiger partial charge in [0.25, 0.3) is 0 Å². The molecule has 0 aromatic rings. The minimum Gasteiger partial charge on any atom is -0.457 e. The first-order chi connectivity index (χ1) is 4.33. The monoisotopic (exact) mass is 127 g/mol. The molecule has 0 aromatic carbocycles. The SMILES string of the molecule is [CH2-]N1CCN(CC)CC1. The Morgan fingerprint density at radius 1 is 1.22 bits per heavy atom. The van der Waals surface area contributed by atoms with Crippen LogP contribution >= 0.6 is 0 Å². The fourth-order valence-electron chi connectivity index (χ4n) is 1.11. The molecule has 9 heavy (non-hydrogen) atoms. The van der Waals surface area contributed by atoms with Crippen LogP contribution in [0.5, 0.6) is 0 Å². The quantitative estimate of drug-likeness (QED) is 0.471. The van der Waals surface area contributed by atoms with Crippen molar-refractivity contribution in [3.8, 4) is 0 Å². The highest BCUT2D eigenvalue weighted by atomic mass is 15.2. The molecule has 0 amide bonds. The van der Waals surface area contributed by atoms with Gasteiger partial charge in [-0.05, 0) is 19.6 Å². The van der Waals surface area contributed by atoms with E-state index in [-0.39, 0.29) is 0 Å². The molecule has 0 unspecified atom stereocenters. The zero-order valence-corrected chi connectivity index (χ0v) is 6.14. The van der Waals surface area contributed by atoms with Crippen molar-refractivity contribution in [1.29, 1.82) is 0 Å². The lowest BCUT2D eigenvalue weighted by Gasteiger charge is -2.36. The van der Waals surface area contributed by atoms with Crippen molar-refractivity contribution < 1.29 is 0 Å². The van der Waals surface area contributed by atoms with Gasteiger partial charge in [-0.1, -0.05) is 6.92 Å². The first kappa shape index (κ1) is 7.03. The van der Waals surface area contributed by atoms with Gasteiger partial charge in [-0.25, -0.2) is 0 Å². The summed E-state index contributed by atoms with van der Waals surface area (Å²) in [5.41, 5.74) is 0. The molecule has 1 saturated heterocycles. The second-order valence-corrected chi connectivity index (χ2v) is 2.55. The summed E-state index contributed by atoms with van der Waals surface area (Å²) in [6.45, 7) is 8.05. The van der Waals surface area contributed by atoms with Gasteiger partial charge in [-0.3, -0.25) is 7.05 Å². The summed E-state index contributed by atoms with van der Waals surface area (Å²) in [5.74, 6) is 0. The topological polar surface area (TPSA) is 6.48 Å². The molecule has 1 heterocycles. The van der Waals surface area contributed by atoms with Crippen molar-refractivity contribution in [2.45, 2.75) is 6.92 Å². The van der Waals surface area contributed by atoms with E-state index in [0.717, 1.165) is 13.1 Å². The number of hydrogen-bond donors (Lipinski definition) is 0. The Balaban J connectivity index is 2.18. The fraction of sp³-hybridized carbons (Fsp3) is 0.857. The molecule has 0 radical (unpaired) electrons. The summed E-state index contributed by atoms with van der Waals surface area (Å²) in [4.78, 5) is 4.58. The van der Waals surface area contributed by atoms with Crippen molar-refractivity contribution in [2.75, 3.05) is 32.7 Å². The van der Waals surface area contributed by atoms with Crippen LogP contribution in [0, 0.1) is 7.05 Å². The average molecular weight is 127 g/mol. The van der Waals surface area contributed by atoms with Crippen LogP contribution in [0.2, 0.25) is 0 Å². The van der Waals surface area contributed by atoms with Gasteiger partial charge >= 0.3 is 0 Å². The van der Waals surface area contributed by atoms with Crippen molar-refractivity contribution in [2.24, 2.45) is 0 Å². The highest BCUT2D eigenvalue weighted by Gasteiger charge is 2.06. The van der Waals surface area contributed by atoms with E-state index in [0.29, 0.717) is 0 Å². The maximum atomic E-state index is 3.87. The summed E-state index contributed by atoms with van der Waals surface area (Å²) in [7, 11) is 3.87. The van der Waals surface area contributed by atoms with E-state index < -0.39 is 0 Å². The predicted octanol–water partition coefficient (Wildman–Crippen LogP) is 0.415. The van der Waals surface area contributed by atoms with Crippen molar-refractivity contribution >= 4 is 0 Å². The molecule has 0 atom stereocenters. The number of rotatable bonds is 1. The van der Waals surface area contributed by atoms with Crippen LogP contribution in [0.1, 0.15) is 6.92 Å². The first-order valence-electron chi connectivity index (χ1n) is 3.60. The molecule has 0 bridgehead atoms. The second kappa shape index (κ2) is 3.18. The lowest BCUT2D eigenvalue weighted by Crippen LogP contribution is -2.43. The van der Waals surface area contributed by atoms with Gasteiger partial charge in [0, 0.05) is 13.1 Å². The third-order valence-corrected chi connectivity index (χ3v) is 1.91. The Kier molecular flexibility index (Phi) is 2.49. The number of nitrogens with zero attached hydrogens (tertiary/aromatic N) is 2. The second-order valence-electron chi connectivity index (χ2n) is 2.55. The van der Waals surface area contributed by atoms with E-state index in [2.05, 4.69) is 23.8 Å². The molecule has 54 valence electrons. The maximum absolute atomic E-state index is 3.87. The zero-order valence-electron chi connectivity index (χ0n) is 6.14. The Morgan fingerprint density at radius 2 is 1.78 bits per heavy atom. The van der Waals surface area contributed by atoms with Gasteiger partial charge in [0.15, 0.2) is 0 Å². The van der Waals surface area contributed by atoms with Crippen LogP contribution in [0.3, 0.4) is 0 Å². The van der Waals surface area contributed by atoms with E-state index in [1.54, 1.807) is 0 Å². The van der Waals surface area contributed by atoms with Gasteiger partial charge in [-0.15, -0.1) is 0 Å². The molecule has 1 aliphatic rings. The van der Waals surface area contributed by atoms with Crippen LogP contribution in [0.25, 0.3) is 0 Å². The summed E-state index contributed by atoms with van der Waals surface area (Å²) in [6, 6.07) is 0. The van der Waals surface area contributed by atoms with Crippen molar-refractivity contribution in [1.82, 2.24) is 9.80 Å². The number of likely N-dealkylation sites (N-methyl/N-ethyl adjacent to an activating group) is 1. The van der Waals surface area contributed by atoms with Gasteiger partial charge in [0.05, 0.1) is 0 Å². The Hall–Kier alpha value is -0.0800. The summed E-state index contributed by atoms with van der Waals surface area (Å²) >= 11 is 0. The van der Waals surface area contributed by atoms with Gasteiger partial charge in [-0.2, -0.15) is 0 Å². The van der Waals surface area contributed by atoms with Crippen LogP contribution in [0.15, 0.2) is 0 Å². The molecule has 2 heteroatoms. The molecule has 0 spiro atoms. The Bertz CT molecular complexity index is 75.0. The number of hydrogen-bond acceptors (Lipinski definition) is 2. The average Bonchev–Trinajstić information content (AvgIpc) is 1.90. The van der Waals surface area contributed by atoms with Crippen LogP contribution in [-0.4, -0.2) is 42.5 Å². The summed E-state index contributed by atoms with van der Waals surface area (Å²) in [5, 5.41) is 0. The molecule has 1 aliphatic heterocycles.